The van der Waals surface area contributed by atoms with Crippen molar-refractivity contribution in [2.45, 2.75) is 6.92 Å². The summed E-state index contributed by atoms with van der Waals surface area (Å²) in [7, 11) is 0. The molecule has 2 heterocycles. The molecule has 0 aliphatic carbocycles. The first-order chi connectivity index (χ1) is 13.6. The zero-order chi connectivity index (χ0) is 19.5. The second-order valence-corrected chi connectivity index (χ2v) is 6.24. The highest BCUT2D eigenvalue weighted by molar-refractivity contribution is 6.05. The van der Waals surface area contributed by atoms with Crippen LogP contribution in [0.3, 0.4) is 0 Å². The van der Waals surface area contributed by atoms with Gasteiger partial charge < -0.3 is 20.1 Å². The molecule has 3 aromatic rings. The minimum absolute atomic E-state index is 0.0237. The van der Waals surface area contributed by atoms with Gasteiger partial charge in [0.25, 0.3) is 5.91 Å². The third-order valence-corrected chi connectivity index (χ3v) is 4.21. The van der Waals surface area contributed by atoms with Crippen LogP contribution in [0.15, 0.2) is 60.9 Å². The smallest absolute Gasteiger partial charge is 0.257 e. The summed E-state index contributed by atoms with van der Waals surface area (Å²) >= 11 is 0. The predicted octanol–water partition coefficient (Wildman–Crippen LogP) is 4.01. The molecule has 0 radical (unpaired) electrons. The van der Waals surface area contributed by atoms with Crippen LogP contribution in [0.2, 0.25) is 0 Å². The van der Waals surface area contributed by atoms with Crippen LogP contribution in [0.4, 0.5) is 17.1 Å². The standard InChI is InChI=1S/C21H17N3O4/c1-13(25)14-2-4-16(5-3-14)24-21(26)15-8-18(11-22-10-15)23-17-6-7-19-20(9-17)28-12-27-19/h2-11,23H,12H2,1H3,(H,24,26). The van der Waals surface area contributed by atoms with E-state index in [0.29, 0.717) is 34.0 Å². The second kappa shape index (κ2) is 7.40. The second-order valence-electron chi connectivity index (χ2n) is 6.24. The summed E-state index contributed by atoms with van der Waals surface area (Å²) in [6, 6.07) is 13.9. The maximum absolute atomic E-state index is 12.5. The number of ether oxygens (including phenoxy) is 2. The summed E-state index contributed by atoms with van der Waals surface area (Å²) in [4.78, 5) is 28.0. The number of benzene rings is 2. The van der Waals surface area contributed by atoms with Crippen molar-refractivity contribution < 1.29 is 19.1 Å². The molecule has 140 valence electrons. The number of aromatic nitrogens is 1. The van der Waals surface area contributed by atoms with Gasteiger partial charge >= 0.3 is 0 Å². The first-order valence-corrected chi connectivity index (χ1v) is 8.62. The summed E-state index contributed by atoms with van der Waals surface area (Å²) in [5.41, 5.74) is 3.06. The van der Waals surface area contributed by atoms with Crippen molar-refractivity contribution in [2.24, 2.45) is 0 Å². The van der Waals surface area contributed by atoms with E-state index in [1.807, 2.05) is 18.2 Å². The highest BCUT2D eigenvalue weighted by Gasteiger charge is 2.14. The lowest BCUT2D eigenvalue weighted by molar-refractivity contribution is 0.101. The van der Waals surface area contributed by atoms with E-state index in [0.717, 1.165) is 5.69 Å². The van der Waals surface area contributed by atoms with Crippen LogP contribution in [0, 0.1) is 0 Å². The van der Waals surface area contributed by atoms with E-state index in [-0.39, 0.29) is 18.5 Å². The van der Waals surface area contributed by atoms with Gasteiger partial charge in [0, 0.05) is 29.2 Å². The van der Waals surface area contributed by atoms with E-state index >= 15 is 0 Å². The Morgan fingerprint density at radius 3 is 2.39 bits per heavy atom. The van der Waals surface area contributed by atoms with Crippen LogP contribution in [-0.4, -0.2) is 23.5 Å². The molecule has 1 amide bonds. The number of fused-ring (bicyclic) bond motifs is 1. The van der Waals surface area contributed by atoms with Crippen molar-refractivity contribution in [3.05, 3.63) is 72.1 Å². The highest BCUT2D eigenvalue weighted by Crippen LogP contribution is 2.35. The van der Waals surface area contributed by atoms with Crippen LogP contribution in [0.25, 0.3) is 0 Å². The molecule has 1 aromatic heterocycles. The lowest BCUT2D eigenvalue weighted by Crippen LogP contribution is -2.12. The maximum Gasteiger partial charge on any atom is 0.257 e. The number of ketones is 1. The van der Waals surface area contributed by atoms with Gasteiger partial charge in [-0.2, -0.15) is 0 Å². The van der Waals surface area contributed by atoms with Crippen molar-refractivity contribution in [3.63, 3.8) is 0 Å². The fourth-order valence-corrected chi connectivity index (χ4v) is 2.76. The van der Waals surface area contributed by atoms with Gasteiger partial charge in [-0.05, 0) is 49.4 Å². The van der Waals surface area contributed by atoms with Crippen molar-refractivity contribution in [1.29, 1.82) is 0 Å². The van der Waals surface area contributed by atoms with Gasteiger partial charge in [-0.15, -0.1) is 0 Å². The van der Waals surface area contributed by atoms with Gasteiger partial charge in [-0.3, -0.25) is 14.6 Å². The topological polar surface area (TPSA) is 89.6 Å². The Morgan fingerprint density at radius 2 is 1.61 bits per heavy atom. The Hall–Kier alpha value is -3.87. The van der Waals surface area contributed by atoms with E-state index in [1.165, 1.54) is 13.1 Å². The first kappa shape index (κ1) is 17.5. The van der Waals surface area contributed by atoms with E-state index < -0.39 is 0 Å². The lowest BCUT2D eigenvalue weighted by Gasteiger charge is -2.09. The van der Waals surface area contributed by atoms with E-state index in [1.54, 1.807) is 36.5 Å². The number of carbonyl (C=O) groups excluding carboxylic acids is 2. The van der Waals surface area contributed by atoms with Crippen LogP contribution in [0.1, 0.15) is 27.6 Å². The summed E-state index contributed by atoms with van der Waals surface area (Å²) in [6.07, 6.45) is 3.12. The molecule has 0 spiro atoms. The van der Waals surface area contributed by atoms with Crippen molar-refractivity contribution in [1.82, 2.24) is 4.98 Å². The van der Waals surface area contributed by atoms with Crippen LogP contribution >= 0.6 is 0 Å². The molecule has 7 heteroatoms. The molecular formula is C21H17N3O4. The molecule has 4 rings (SSSR count). The Kier molecular flexibility index (Phi) is 4.63. The number of nitrogens with one attached hydrogen (secondary N) is 2. The monoisotopic (exact) mass is 375 g/mol. The van der Waals surface area contributed by atoms with Gasteiger partial charge in [0.15, 0.2) is 17.3 Å². The van der Waals surface area contributed by atoms with Crippen LogP contribution in [0.5, 0.6) is 11.5 Å². The summed E-state index contributed by atoms with van der Waals surface area (Å²) < 4.78 is 10.7. The van der Waals surface area contributed by atoms with E-state index in [2.05, 4.69) is 15.6 Å². The molecule has 1 aliphatic heterocycles. The van der Waals surface area contributed by atoms with Gasteiger partial charge in [0.2, 0.25) is 6.79 Å². The molecular weight excluding hydrogens is 358 g/mol. The van der Waals surface area contributed by atoms with Crippen LogP contribution < -0.4 is 20.1 Å². The van der Waals surface area contributed by atoms with E-state index in [4.69, 9.17) is 9.47 Å². The molecule has 0 atom stereocenters. The number of hydrogen-bond acceptors (Lipinski definition) is 6. The SMILES string of the molecule is CC(=O)c1ccc(NC(=O)c2cncc(Nc3ccc4c(c3)OCO4)c2)cc1. The molecule has 2 aromatic carbocycles. The van der Waals surface area contributed by atoms with Gasteiger partial charge in [-0.25, -0.2) is 0 Å². The number of nitrogens with zero attached hydrogens (tertiary/aromatic N) is 1. The Labute approximate surface area is 161 Å². The van der Waals surface area contributed by atoms with Crippen molar-refractivity contribution >= 4 is 28.8 Å². The van der Waals surface area contributed by atoms with Gasteiger partial charge in [0.05, 0.1) is 17.4 Å². The molecule has 0 unspecified atom stereocenters. The number of carbonyl (C=O) groups is 2. The number of pyridine rings is 1. The Balaban J connectivity index is 1.47. The molecule has 7 nitrogen and oxygen atoms in total. The zero-order valence-electron chi connectivity index (χ0n) is 15.1. The fraction of sp³-hybridized carbons (Fsp3) is 0.0952. The predicted molar refractivity (Wildman–Crippen MR) is 104 cm³/mol. The van der Waals surface area contributed by atoms with Gasteiger partial charge in [0.1, 0.15) is 0 Å². The van der Waals surface area contributed by atoms with Crippen LogP contribution in [-0.2, 0) is 0 Å². The maximum atomic E-state index is 12.5. The van der Waals surface area contributed by atoms with Crippen molar-refractivity contribution in [2.75, 3.05) is 17.4 Å². The summed E-state index contributed by atoms with van der Waals surface area (Å²) in [5, 5.41) is 5.99. The quantitative estimate of drug-likeness (QED) is 0.655. The largest absolute Gasteiger partial charge is 0.454 e. The number of hydrogen-bond donors (Lipinski definition) is 2. The lowest BCUT2D eigenvalue weighted by atomic mass is 10.1. The molecule has 0 saturated carbocycles. The average molecular weight is 375 g/mol. The van der Waals surface area contributed by atoms with Crippen molar-refractivity contribution in [3.8, 4) is 11.5 Å². The molecule has 1 aliphatic rings. The third-order valence-electron chi connectivity index (χ3n) is 4.21. The third kappa shape index (κ3) is 3.78. The highest BCUT2D eigenvalue weighted by atomic mass is 16.7. The normalized spacial score (nSPS) is 11.8. The number of amides is 1. The first-order valence-electron chi connectivity index (χ1n) is 8.62. The summed E-state index contributed by atoms with van der Waals surface area (Å²) in [5.74, 6) is 1.05. The number of anilines is 3. The molecule has 0 bridgehead atoms. The summed E-state index contributed by atoms with van der Waals surface area (Å²) in [6.45, 7) is 1.71. The molecule has 28 heavy (non-hydrogen) atoms. The average Bonchev–Trinajstić information content (AvgIpc) is 3.16. The number of Topliss-reactive ketones (excluding diaryl/α,β-unsaturated/α-hetero) is 1. The Bertz CT molecular complexity index is 1050. The number of rotatable bonds is 5. The zero-order valence-corrected chi connectivity index (χ0v) is 15.1. The minimum atomic E-state index is -0.294. The van der Waals surface area contributed by atoms with Gasteiger partial charge in [-0.1, -0.05) is 0 Å². The Morgan fingerprint density at radius 1 is 0.857 bits per heavy atom. The fourth-order valence-electron chi connectivity index (χ4n) is 2.76. The minimum Gasteiger partial charge on any atom is -0.454 e. The molecule has 0 saturated heterocycles. The van der Waals surface area contributed by atoms with E-state index in [9.17, 15) is 9.59 Å². The molecule has 2 N–H and O–H groups in total. The molecule has 0 fully saturated rings.